The fourth-order valence-corrected chi connectivity index (χ4v) is 0.844. The predicted octanol–water partition coefficient (Wildman–Crippen LogP) is 2.00. The van der Waals surface area contributed by atoms with Gasteiger partial charge in [0.15, 0.2) is 0 Å². The lowest BCUT2D eigenvalue weighted by atomic mass is 10.3. The van der Waals surface area contributed by atoms with Crippen molar-refractivity contribution in [3.63, 3.8) is 0 Å². The first kappa shape index (κ1) is 10.7. The molecule has 0 aromatic carbocycles. The van der Waals surface area contributed by atoms with Crippen molar-refractivity contribution in [2.24, 2.45) is 0 Å². The Bertz CT molecular complexity index is 188. The molecule has 0 saturated heterocycles. The highest BCUT2D eigenvalue weighted by atomic mass is 79.9. The highest BCUT2D eigenvalue weighted by Gasteiger charge is 1.98. The molecule has 0 unspecified atom stereocenters. The first-order chi connectivity index (χ1) is 5.33. The fraction of sp³-hybridized carbons (Fsp3) is 0.571. The molecule has 0 aliphatic heterocycles. The lowest BCUT2D eigenvalue weighted by Gasteiger charge is -1.83. The van der Waals surface area contributed by atoms with Crippen LogP contribution in [0.15, 0.2) is 15.2 Å². The van der Waals surface area contributed by atoms with Crippen molar-refractivity contribution in [1.82, 2.24) is 5.16 Å². The average Bonchev–Trinajstić information content (AvgIpc) is 2.41. The Morgan fingerprint density at radius 2 is 2.27 bits per heavy atom. The third-order valence-electron chi connectivity index (χ3n) is 0.888. The van der Waals surface area contributed by atoms with Crippen LogP contribution in [0.4, 0.5) is 0 Å². The van der Waals surface area contributed by atoms with E-state index in [1.165, 1.54) is 0 Å². The molecule has 0 saturated carbocycles. The second-order valence-electron chi connectivity index (χ2n) is 1.59. The number of aliphatic hydroxyl groups is 1. The van der Waals surface area contributed by atoms with Gasteiger partial charge in [-0.3, -0.25) is 0 Å². The largest absolute Gasteiger partial charge is 0.396 e. The number of rotatable bonds is 2. The zero-order valence-corrected chi connectivity index (χ0v) is 8.26. The predicted molar refractivity (Wildman–Crippen MR) is 46.3 cm³/mol. The Labute approximate surface area is 74.5 Å². The molecule has 4 heteroatoms. The normalized spacial score (nSPS) is 8.73. The summed E-state index contributed by atoms with van der Waals surface area (Å²) >= 11 is 3.12. The smallest absolute Gasteiger partial charge is 0.149 e. The van der Waals surface area contributed by atoms with Gasteiger partial charge in [0, 0.05) is 12.5 Å². The van der Waals surface area contributed by atoms with Crippen LogP contribution in [0.5, 0.6) is 0 Å². The maximum Gasteiger partial charge on any atom is 0.149 e. The van der Waals surface area contributed by atoms with Crippen LogP contribution in [0.1, 0.15) is 19.6 Å². The average molecular weight is 222 g/mol. The fourth-order valence-electron chi connectivity index (χ4n) is 0.516. The van der Waals surface area contributed by atoms with Crippen LogP contribution in [0.25, 0.3) is 0 Å². The molecule has 0 atom stereocenters. The van der Waals surface area contributed by atoms with Crippen molar-refractivity contribution in [2.45, 2.75) is 20.3 Å². The lowest BCUT2D eigenvalue weighted by Crippen LogP contribution is -1.85. The number of hydrogen-bond acceptors (Lipinski definition) is 3. The van der Waals surface area contributed by atoms with Crippen molar-refractivity contribution in [3.8, 4) is 0 Å². The van der Waals surface area contributed by atoms with E-state index in [2.05, 4.69) is 21.1 Å². The summed E-state index contributed by atoms with van der Waals surface area (Å²) in [4.78, 5) is 0. The van der Waals surface area contributed by atoms with E-state index in [1.807, 2.05) is 13.8 Å². The van der Waals surface area contributed by atoms with Gasteiger partial charge < -0.3 is 9.63 Å². The van der Waals surface area contributed by atoms with Gasteiger partial charge in [-0.25, -0.2) is 0 Å². The Morgan fingerprint density at radius 1 is 1.64 bits per heavy atom. The molecule has 0 aliphatic rings. The monoisotopic (exact) mass is 221 g/mol. The van der Waals surface area contributed by atoms with Gasteiger partial charge in [0.1, 0.15) is 10.4 Å². The van der Waals surface area contributed by atoms with Crippen LogP contribution >= 0.6 is 15.9 Å². The summed E-state index contributed by atoms with van der Waals surface area (Å²) in [6, 6.07) is 1.73. The molecule has 1 heterocycles. The molecule has 1 N–H and O–H groups in total. The minimum Gasteiger partial charge on any atom is -0.396 e. The van der Waals surface area contributed by atoms with E-state index < -0.39 is 0 Å². The third kappa shape index (κ3) is 4.16. The van der Waals surface area contributed by atoms with Gasteiger partial charge in [0.05, 0.1) is 6.61 Å². The summed E-state index contributed by atoms with van der Waals surface area (Å²) in [5.41, 5.74) is 0. The van der Waals surface area contributed by atoms with E-state index in [4.69, 9.17) is 9.63 Å². The van der Waals surface area contributed by atoms with Gasteiger partial charge in [0.2, 0.25) is 0 Å². The number of aromatic nitrogens is 1. The second-order valence-corrected chi connectivity index (χ2v) is 2.40. The van der Waals surface area contributed by atoms with Gasteiger partial charge in [-0.05, 0) is 15.9 Å². The quantitative estimate of drug-likeness (QED) is 0.832. The summed E-state index contributed by atoms with van der Waals surface area (Å²) in [7, 11) is 0. The van der Waals surface area contributed by atoms with E-state index in [1.54, 1.807) is 6.07 Å². The second kappa shape index (κ2) is 6.37. The molecule has 0 aliphatic carbocycles. The Hall–Kier alpha value is -0.350. The van der Waals surface area contributed by atoms with Crippen LogP contribution in [-0.2, 0) is 6.42 Å². The molecule has 1 aromatic rings. The van der Waals surface area contributed by atoms with Gasteiger partial charge in [-0.1, -0.05) is 19.0 Å². The summed E-state index contributed by atoms with van der Waals surface area (Å²) in [6.07, 6.45) is 0.526. The Morgan fingerprint density at radius 3 is 2.64 bits per heavy atom. The Kier molecular flexibility index (Phi) is 6.16. The van der Waals surface area contributed by atoms with Crippen LogP contribution in [0.2, 0.25) is 0 Å². The molecule has 11 heavy (non-hydrogen) atoms. The van der Waals surface area contributed by atoms with Gasteiger partial charge in [-0.15, -0.1) is 0 Å². The summed E-state index contributed by atoms with van der Waals surface area (Å²) in [5.74, 6) is 0.698. The molecule has 0 fully saturated rings. The highest BCUT2D eigenvalue weighted by molar-refractivity contribution is 9.10. The first-order valence-corrected chi connectivity index (χ1v) is 4.34. The number of nitrogens with zero attached hydrogens (tertiary/aromatic N) is 1. The third-order valence-corrected chi connectivity index (χ3v) is 1.26. The molecule has 0 amide bonds. The maximum atomic E-state index is 8.43. The molecule has 0 bridgehead atoms. The summed E-state index contributed by atoms with van der Waals surface area (Å²) in [6.45, 7) is 4.10. The topological polar surface area (TPSA) is 46.3 Å². The van der Waals surface area contributed by atoms with Crippen molar-refractivity contribution >= 4 is 15.9 Å². The zero-order chi connectivity index (χ0) is 8.69. The SMILES string of the molecule is CC.OCCc1cc(Br)no1. The molecular weight excluding hydrogens is 210 g/mol. The number of hydrogen-bond donors (Lipinski definition) is 1. The minimum atomic E-state index is 0.0988. The van der Waals surface area contributed by atoms with Gasteiger partial charge in [-0.2, -0.15) is 0 Å². The molecule has 3 nitrogen and oxygen atoms in total. The molecule has 0 radical (unpaired) electrons. The van der Waals surface area contributed by atoms with E-state index >= 15 is 0 Å². The molecule has 0 spiro atoms. The minimum absolute atomic E-state index is 0.0988. The van der Waals surface area contributed by atoms with E-state index in [9.17, 15) is 0 Å². The molecule has 1 aromatic heterocycles. The molecule has 1 rings (SSSR count). The van der Waals surface area contributed by atoms with Crippen molar-refractivity contribution < 1.29 is 9.63 Å². The van der Waals surface area contributed by atoms with Crippen LogP contribution in [0.3, 0.4) is 0 Å². The van der Waals surface area contributed by atoms with Crippen LogP contribution in [-0.4, -0.2) is 16.9 Å². The Balaban J connectivity index is 0.000000461. The van der Waals surface area contributed by atoms with Crippen molar-refractivity contribution in [3.05, 3.63) is 16.4 Å². The zero-order valence-electron chi connectivity index (χ0n) is 6.67. The standard InChI is InChI=1S/C5H6BrNO2.C2H6/c6-5-3-4(1-2-8)9-7-5;1-2/h3,8H,1-2H2;1-2H3. The molecule has 64 valence electrons. The van der Waals surface area contributed by atoms with Gasteiger partial charge >= 0.3 is 0 Å². The van der Waals surface area contributed by atoms with Crippen LogP contribution < -0.4 is 0 Å². The summed E-state index contributed by atoms with van der Waals surface area (Å²) in [5, 5.41) is 12.0. The maximum absolute atomic E-state index is 8.43. The van der Waals surface area contributed by atoms with Gasteiger partial charge in [0.25, 0.3) is 0 Å². The number of halogens is 1. The molecular formula is C7H12BrNO2. The summed E-state index contributed by atoms with van der Waals surface area (Å²) < 4.78 is 5.42. The lowest BCUT2D eigenvalue weighted by molar-refractivity contribution is 0.277. The van der Waals surface area contributed by atoms with Crippen molar-refractivity contribution in [1.29, 1.82) is 0 Å². The van der Waals surface area contributed by atoms with E-state index in [0.29, 0.717) is 16.8 Å². The van der Waals surface area contributed by atoms with E-state index in [-0.39, 0.29) is 6.61 Å². The van der Waals surface area contributed by atoms with Crippen molar-refractivity contribution in [2.75, 3.05) is 6.61 Å². The van der Waals surface area contributed by atoms with Crippen LogP contribution in [0, 0.1) is 0 Å². The van der Waals surface area contributed by atoms with E-state index in [0.717, 1.165) is 0 Å². The first-order valence-electron chi connectivity index (χ1n) is 3.55. The highest BCUT2D eigenvalue weighted by Crippen LogP contribution is 2.09. The number of aliphatic hydroxyl groups excluding tert-OH is 1.